The number of benzene rings is 2. The van der Waals surface area contributed by atoms with Gasteiger partial charge in [-0.15, -0.1) is 0 Å². The molecular formula is C24H24N3O3+. The minimum atomic E-state index is -1.01. The highest BCUT2D eigenvalue weighted by Gasteiger charge is 2.78. The van der Waals surface area contributed by atoms with Crippen molar-refractivity contribution in [2.24, 2.45) is 11.8 Å². The van der Waals surface area contributed by atoms with Crippen molar-refractivity contribution in [1.29, 1.82) is 0 Å². The molecule has 4 aliphatic rings. The largest absolute Gasteiger partial charge is 0.320 e. The molecule has 152 valence electrons. The second-order valence-electron chi connectivity index (χ2n) is 8.87. The number of hydrogen-bond donors (Lipinski definition) is 2. The third-order valence-corrected chi connectivity index (χ3v) is 7.70. The monoisotopic (exact) mass is 402 g/mol. The Morgan fingerprint density at radius 3 is 2.67 bits per heavy atom. The normalized spacial score (nSPS) is 33.8. The van der Waals surface area contributed by atoms with Crippen LogP contribution >= 0.6 is 0 Å². The molecule has 6 heteroatoms. The summed E-state index contributed by atoms with van der Waals surface area (Å²) in [5, 5.41) is 3.05. The maximum Gasteiger partial charge on any atom is 0.291 e. The van der Waals surface area contributed by atoms with Crippen molar-refractivity contribution in [3.8, 4) is 0 Å². The van der Waals surface area contributed by atoms with Crippen LogP contribution in [0, 0.1) is 11.8 Å². The fourth-order valence-corrected chi connectivity index (χ4v) is 6.56. The number of nitrogens with one attached hydrogen (secondary N) is 2. The van der Waals surface area contributed by atoms with Crippen LogP contribution in [-0.4, -0.2) is 30.3 Å². The van der Waals surface area contributed by atoms with Gasteiger partial charge >= 0.3 is 0 Å². The summed E-state index contributed by atoms with van der Waals surface area (Å²) in [4.78, 5) is 43.5. The number of hydrogen-bond acceptors (Lipinski definition) is 3. The first-order valence-electron chi connectivity index (χ1n) is 10.8. The Hall–Kier alpha value is -2.99. The van der Waals surface area contributed by atoms with Crippen LogP contribution in [0.2, 0.25) is 0 Å². The van der Waals surface area contributed by atoms with Crippen LogP contribution in [0.1, 0.15) is 30.9 Å². The van der Waals surface area contributed by atoms with Crippen LogP contribution in [-0.2, 0) is 26.3 Å². The van der Waals surface area contributed by atoms with Crippen LogP contribution in [0.5, 0.6) is 0 Å². The lowest BCUT2D eigenvalue weighted by Gasteiger charge is -2.33. The Kier molecular flexibility index (Phi) is 3.58. The van der Waals surface area contributed by atoms with Crippen molar-refractivity contribution in [3.63, 3.8) is 0 Å². The number of imide groups is 1. The average molecular weight is 402 g/mol. The molecule has 2 aromatic rings. The van der Waals surface area contributed by atoms with E-state index in [0.717, 1.165) is 47.5 Å². The fraction of sp³-hybridized carbons (Fsp3) is 0.375. The number of quaternary nitrogens is 1. The SMILES string of the molecule is CCc1ccc2c(c1)[C@]1(C(=O)N2)[C@@H]2C(=O)N(c3ccccc3)C(=O)[C@@H]2[C@@H]2CCC[NH+]21. The summed E-state index contributed by atoms with van der Waals surface area (Å²) in [6, 6.07) is 15.2. The minimum absolute atomic E-state index is 0.00199. The number of carbonyl (C=O) groups is 3. The first kappa shape index (κ1) is 17.8. The van der Waals surface area contributed by atoms with Crippen molar-refractivity contribution in [1.82, 2.24) is 0 Å². The van der Waals surface area contributed by atoms with E-state index in [1.54, 1.807) is 12.1 Å². The predicted octanol–water partition coefficient (Wildman–Crippen LogP) is 1.26. The molecule has 1 unspecified atom stereocenters. The molecule has 30 heavy (non-hydrogen) atoms. The molecule has 1 spiro atoms. The summed E-state index contributed by atoms with van der Waals surface area (Å²) < 4.78 is 0. The second-order valence-corrected chi connectivity index (χ2v) is 8.87. The highest BCUT2D eigenvalue weighted by Crippen LogP contribution is 2.52. The molecular weight excluding hydrogens is 378 g/mol. The van der Waals surface area contributed by atoms with Gasteiger partial charge in [0, 0.05) is 18.4 Å². The van der Waals surface area contributed by atoms with Crippen molar-refractivity contribution >= 4 is 29.1 Å². The average Bonchev–Trinajstić information content (AvgIpc) is 3.46. The topological polar surface area (TPSA) is 70.9 Å². The molecule has 3 fully saturated rings. The summed E-state index contributed by atoms with van der Waals surface area (Å²) in [5.41, 5.74) is 2.41. The lowest BCUT2D eigenvalue weighted by atomic mass is 9.75. The van der Waals surface area contributed by atoms with Gasteiger partial charge in [0.1, 0.15) is 17.9 Å². The maximum absolute atomic E-state index is 13.8. The highest BCUT2D eigenvalue weighted by atomic mass is 16.2. The molecule has 4 heterocycles. The smallest absolute Gasteiger partial charge is 0.291 e. The van der Waals surface area contributed by atoms with Crippen LogP contribution in [0.25, 0.3) is 0 Å². The number of amides is 3. The summed E-state index contributed by atoms with van der Waals surface area (Å²) in [5.74, 6) is -1.61. The summed E-state index contributed by atoms with van der Waals surface area (Å²) in [6.07, 6.45) is 2.69. The zero-order valence-corrected chi connectivity index (χ0v) is 16.9. The third kappa shape index (κ3) is 1.95. The number of anilines is 2. The molecule has 0 radical (unpaired) electrons. The summed E-state index contributed by atoms with van der Waals surface area (Å²) >= 11 is 0. The summed E-state index contributed by atoms with van der Waals surface area (Å²) in [6.45, 7) is 2.90. The Morgan fingerprint density at radius 1 is 1.10 bits per heavy atom. The van der Waals surface area contributed by atoms with Crippen LogP contribution in [0.3, 0.4) is 0 Å². The molecule has 3 saturated heterocycles. The lowest BCUT2D eigenvalue weighted by Crippen LogP contribution is -3.19. The summed E-state index contributed by atoms with van der Waals surface area (Å²) in [7, 11) is 0. The molecule has 2 N–H and O–H groups in total. The Labute approximate surface area is 174 Å². The van der Waals surface area contributed by atoms with E-state index in [4.69, 9.17) is 0 Å². The molecule has 2 aromatic carbocycles. The molecule has 6 nitrogen and oxygen atoms in total. The Morgan fingerprint density at radius 2 is 1.90 bits per heavy atom. The van der Waals surface area contributed by atoms with Gasteiger partial charge in [0.2, 0.25) is 17.4 Å². The van der Waals surface area contributed by atoms with Gasteiger partial charge in [0.05, 0.1) is 17.9 Å². The first-order chi connectivity index (χ1) is 14.6. The molecule has 0 saturated carbocycles. The molecule has 5 atom stereocenters. The van der Waals surface area contributed by atoms with E-state index in [1.807, 2.05) is 30.3 Å². The van der Waals surface area contributed by atoms with Gasteiger partial charge in [0.25, 0.3) is 5.91 Å². The first-order valence-corrected chi connectivity index (χ1v) is 10.8. The van der Waals surface area contributed by atoms with Gasteiger partial charge in [-0.2, -0.15) is 0 Å². The fourth-order valence-electron chi connectivity index (χ4n) is 6.56. The molecule has 0 aromatic heterocycles. The lowest BCUT2D eigenvalue weighted by molar-refractivity contribution is -0.948. The van der Waals surface area contributed by atoms with Gasteiger partial charge in [-0.25, -0.2) is 4.90 Å². The van der Waals surface area contributed by atoms with Crippen molar-refractivity contribution in [3.05, 3.63) is 59.7 Å². The quantitative estimate of drug-likeness (QED) is 0.743. The number of fused-ring (bicyclic) bond motifs is 7. The number of para-hydroxylation sites is 1. The van der Waals surface area contributed by atoms with E-state index in [0.29, 0.717) is 5.69 Å². The van der Waals surface area contributed by atoms with Crippen LogP contribution in [0.15, 0.2) is 48.5 Å². The van der Waals surface area contributed by atoms with Gasteiger partial charge in [-0.3, -0.25) is 14.4 Å². The van der Waals surface area contributed by atoms with Crippen molar-refractivity contribution < 1.29 is 19.3 Å². The Balaban J connectivity index is 1.57. The van der Waals surface area contributed by atoms with Gasteiger partial charge < -0.3 is 10.2 Å². The zero-order chi connectivity index (χ0) is 20.6. The molecule has 0 bridgehead atoms. The highest BCUT2D eigenvalue weighted by molar-refractivity contribution is 6.25. The predicted molar refractivity (Wildman–Crippen MR) is 111 cm³/mol. The van der Waals surface area contributed by atoms with Crippen LogP contribution < -0.4 is 15.1 Å². The van der Waals surface area contributed by atoms with Crippen molar-refractivity contribution in [2.45, 2.75) is 37.8 Å². The molecule has 0 aliphatic carbocycles. The van der Waals surface area contributed by atoms with E-state index in [2.05, 4.69) is 18.3 Å². The van der Waals surface area contributed by atoms with Crippen molar-refractivity contribution in [2.75, 3.05) is 16.8 Å². The number of nitrogens with zero attached hydrogens (tertiary/aromatic N) is 1. The van der Waals surface area contributed by atoms with Crippen LogP contribution in [0.4, 0.5) is 11.4 Å². The third-order valence-electron chi connectivity index (χ3n) is 7.70. The standard InChI is InChI=1S/C24H23N3O3/c1-2-14-10-11-17-16(13-14)24(23(30)25-17)20-19(18-9-6-12-26(18)24)21(28)27(22(20)29)15-7-4-3-5-8-15/h3-5,7-8,10-11,13,18-20H,2,6,9,12H2,1H3,(H,25,30)/p+1/t18-,19+,20-,24+/m0/s1. The van der Waals surface area contributed by atoms with E-state index in [1.165, 1.54) is 4.90 Å². The molecule has 6 rings (SSSR count). The van der Waals surface area contributed by atoms with Gasteiger partial charge in [-0.1, -0.05) is 31.2 Å². The van der Waals surface area contributed by atoms with E-state index >= 15 is 0 Å². The number of carbonyl (C=O) groups excluding carboxylic acids is 3. The van der Waals surface area contributed by atoms with E-state index < -0.39 is 17.4 Å². The van der Waals surface area contributed by atoms with Gasteiger partial charge in [-0.05, 0) is 36.2 Å². The Bertz CT molecular complexity index is 1100. The zero-order valence-electron chi connectivity index (χ0n) is 16.9. The van der Waals surface area contributed by atoms with Gasteiger partial charge in [0.15, 0.2) is 0 Å². The maximum atomic E-state index is 13.8. The minimum Gasteiger partial charge on any atom is -0.320 e. The molecule has 4 aliphatic heterocycles. The number of aryl methyl sites for hydroxylation is 1. The second kappa shape index (κ2) is 6.01. The molecule has 3 amide bonds. The number of rotatable bonds is 2. The van der Waals surface area contributed by atoms with E-state index in [9.17, 15) is 14.4 Å². The van der Waals surface area contributed by atoms with E-state index in [-0.39, 0.29) is 23.8 Å².